The van der Waals surface area contributed by atoms with Crippen LogP contribution in [-0.2, 0) is 4.79 Å². The van der Waals surface area contributed by atoms with Crippen LogP contribution in [0.25, 0.3) is 6.08 Å². The highest BCUT2D eigenvalue weighted by atomic mass is 35.5. The van der Waals surface area contributed by atoms with Gasteiger partial charge in [0.2, 0.25) is 11.9 Å². The molecule has 0 atom stereocenters. The summed E-state index contributed by atoms with van der Waals surface area (Å²) in [5.74, 6) is -1.14. The fraction of sp³-hybridized carbons (Fsp3) is 0.111. The van der Waals surface area contributed by atoms with Crippen LogP contribution in [0.4, 0.5) is 4.39 Å². The van der Waals surface area contributed by atoms with Gasteiger partial charge < -0.3 is 5.73 Å². The normalized spacial score (nSPS) is 10.7. The van der Waals surface area contributed by atoms with E-state index in [9.17, 15) is 9.18 Å². The molecule has 1 amide bonds. The Hall–Kier alpha value is -1.42. The largest absolute Gasteiger partial charge is 0.369 e. The quantitative estimate of drug-likeness (QED) is 0.780. The Labute approximate surface area is 85.4 Å². The molecule has 3 nitrogen and oxygen atoms in total. The lowest BCUT2D eigenvalue weighted by Crippen LogP contribution is -2.07. The number of halogens is 2. The van der Waals surface area contributed by atoms with E-state index in [0.717, 1.165) is 0 Å². The van der Waals surface area contributed by atoms with Gasteiger partial charge in [-0.15, -0.1) is 0 Å². The van der Waals surface area contributed by atoms with Crippen LogP contribution in [0.3, 0.4) is 0 Å². The van der Waals surface area contributed by atoms with Crippen molar-refractivity contribution in [1.29, 1.82) is 0 Å². The van der Waals surface area contributed by atoms with Crippen molar-refractivity contribution < 1.29 is 9.18 Å². The number of pyridine rings is 1. The predicted octanol–water partition coefficient (Wildman–Crippen LogP) is 1.76. The van der Waals surface area contributed by atoms with Crippen LogP contribution in [0.2, 0.25) is 5.02 Å². The molecule has 0 aliphatic heterocycles. The fourth-order valence-corrected chi connectivity index (χ4v) is 1.01. The van der Waals surface area contributed by atoms with E-state index in [1.54, 1.807) is 12.2 Å². The van der Waals surface area contributed by atoms with Gasteiger partial charge in [-0.2, -0.15) is 4.39 Å². The first-order valence-electron chi connectivity index (χ1n) is 3.85. The third-order valence-electron chi connectivity index (χ3n) is 1.45. The van der Waals surface area contributed by atoms with E-state index in [1.165, 1.54) is 12.3 Å². The van der Waals surface area contributed by atoms with Gasteiger partial charge in [-0.05, 0) is 11.6 Å². The fourth-order valence-electron chi connectivity index (χ4n) is 0.838. The van der Waals surface area contributed by atoms with Gasteiger partial charge in [-0.1, -0.05) is 23.8 Å². The van der Waals surface area contributed by atoms with Crippen molar-refractivity contribution in [3.05, 3.63) is 34.9 Å². The summed E-state index contributed by atoms with van der Waals surface area (Å²) in [7, 11) is 0. The van der Waals surface area contributed by atoms with E-state index in [4.69, 9.17) is 17.3 Å². The van der Waals surface area contributed by atoms with Gasteiger partial charge in [0.25, 0.3) is 0 Å². The van der Waals surface area contributed by atoms with Gasteiger partial charge in [0, 0.05) is 12.6 Å². The standard InChI is InChI=1S/C9H8ClFN2O/c10-7-4-6(5-13-9(7)11)2-1-3-8(12)14/h1-2,4-5H,3H2,(H2,12,14). The Morgan fingerprint density at radius 1 is 1.71 bits per heavy atom. The second-order valence-corrected chi connectivity index (χ2v) is 3.02. The predicted molar refractivity (Wildman–Crippen MR) is 52.1 cm³/mol. The molecular formula is C9H8ClFN2O. The highest BCUT2D eigenvalue weighted by Gasteiger charge is 1.99. The molecule has 0 aliphatic carbocycles. The van der Waals surface area contributed by atoms with Crippen molar-refractivity contribution in [3.63, 3.8) is 0 Å². The van der Waals surface area contributed by atoms with Gasteiger partial charge in [0.15, 0.2) is 0 Å². The van der Waals surface area contributed by atoms with Crippen molar-refractivity contribution in [3.8, 4) is 0 Å². The third kappa shape index (κ3) is 3.14. The first kappa shape index (κ1) is 10.7. The molecule has 5 heteroatoms. The van der Waals surface area contributed by atoms with E-state index in [0.29, 0.717) is 5.56 Å². The van der Waals surface area contributed by atoms with Gasteiger partial charge in [-0.3, -0.25) is 4.79 Å². The van der Waals surface area contributed by atoms with E-state index in [1.807, 2.05) is 0 Å². The third-order valence-corrected chi connectivity index (χ3v) is 1.71. The summed E-state index contributed by atoms with van der Waals surface area (Å²) in [6, 6.07) is 1.42. The number of nitrogens with two attached hydrogens (primary N) is 1. The van der Waals surface area contributed by atoms with Gasteiger partial charge in [-0.25, -0.2) is 4.98 Å². The molecule has 0 aliphatic rings. The summed E-state index contributed by atoms with van der Waals surface area (Å²) < 4.78 is 12.6. The molecule has 14 heavy (non-hydrogen) atoms. The minimum Gasteiger partial charge on any atom is -0.369 e. The molecule has 0 saturated carbocycles. The van der Waals surface area contributed by atoms with Crippen LogP contribution in [0.5, 0.6) is 0 Å². The highest BCUT2D eigenvalue weighted by molar-refractivity contribution is 6.30. The molecule has 1 rings (SSSR count). The van der Waals surface area contributed by atoms with Crippen molar-refractivity contribution in [2.75, 3.05) is 0 Å². The summed E-state index contributed by atoms with van der Waals surface area (Å²) in [5.41, 5.74) is 5.54. The van der Waals surface area contributed by atoms with Crippen molar-refractivity contribution in [2.45, 2.75) is 6.42 Å². The molecule has 0 unspecified atom stereocenters. The zero-order valence-corrected chi connectivity index (χ0v) is 7.96. The average molecular weight is 215 g/mol. The second kappa shape index (κ2) is 4.72. The van der Waals surface area contributed by atoms with Crippen LogP contribution in [0.15, 0.2) is 18.3 Å². The van der Waals surface area contributed by atoms with Gasteiger partial charge >= 0.3 is 0 Å². The minimum atomic E-state index is -0.710. The lowest BCUT2D eigenvalue weighted by Gasteiger charge is -1.94. The average Bonchev–Trinajstić information content (AvgIpc) is 2.10. The van der Waals surface area contributed by atoms with Crippen LogP contribution in [-0.4, -0.2) is 10.9 Å². The molecule has 1 aromatic heterocycles. The number of primary amides is 1. The first-order chi connectivity index (χ1) is 6.59. The molecule has 1 heterocycles. The number of hydrogen-bond acceptors (Lipinski definition) is 2. The summed E-state index contributed by atoms with van der Waals surface area (Å²) in [6.07, 6.45) is 4.62. The Bertz CT molecular complexity index is 379. The molecule has 0 aromatic carbocycles. The summed E-state index contributed by atoms with van der Waals surface area (Å²) in [4.78, 5) is 13.8. The number of carbonyl (C=O) groups is 1. The zero-order valence-electron chi connectivity index (χ0n) is 7.21. The minimum absolute atomic E-state index is 0.0498. The Balaban J connectivity index is 2.73. The summed E-state index contributed by atoms with van der Waals surface area (Å²) in [6.45, 7) is 0. The van der Waals surface area contributed by atoms with Gasteiger partial charge in [0.05, 0.1) is 5.02 Å². The number of rotatable bonds is 3. The van der Waals surface area contributed by atoms with Crippen LogP contribution >= 0.6 is 11.6 Å². The van der Waals surface area contributed by atoms with Crippen LogP contribution in [0, 0.1) is 5.95 Å². The molecule has 74 valence electrons. The van der Waals surface area contributed by atoms with Gasteiger partial charge in [0.1, 0.15) is 0 Å². The van der Waals surface area contributed by atoms with Crippen molar-refractivity contribution in [2.24, 2.45) is 5.73 Å². The first-order valence-corrected chi connectivity index (χ1v) is 4.23. The number of amides is 1. The molecule has 1 aromatic rings. The molecule has 2 N–H and O–H groups in total. The lowest BCUT2D eigenvalue weighted by atomic mass is 10.2. The molecule has 0 radical (unpaired) electrons. The van der Waals surface area contributed by atoms with Crippen molar-refractivity contribution in [1.82, 2.24) is 4.98 Å². The summed E-state index contributed by atoms with van der Waals surface area (Å²) >= 11 is 5.49. The Kier molecular flexibility index (Phi) is 3.59. The van der Waals surface area contributed by atoms with Crippen LogP contribution in [0.1, 0.15) is 12.0 Å². The number of carbonyl (C=O) groups excluding carboxylic acids is 1. The molecule has 0 fully saturated rings. The molecule has 0 saturated heterocycles. The maximum atomic E-state index is 12.6. The van der Waals surface area contributed by atoms with E-state index in [-0.39, 0.29) is 11.4 Å². The molecule has 0 spiro atoms. The smallest absolute Gasteiger partial charge is 0.231 e. The zero-order chi connectivity index (χ0) is 10.6. The van der Waals surface area contributed by atoms with E-state index < -0.39 is 11.9 Å². The Morgan fingerprint density at radius 2 is 2.43 bits per heavy atom. The second-order valence-electron chi connectivity index (χ2n) is 2.61. The number of hydrogen-bond donors (Lipinski definition) is 1. The maximum absolute atomic E-state index is 12.6. The SMILES string of the molecule is NC(=O)CC=Cc1cnc(F)c(Cl)c1. The van der Waals surface area contributed by atoms with Crippen LogP contribution < -0.4 is 5.73 Å². The monoisotopic (exact) mass is 214 g/mol. The lowest BCUT2D eigenvalue weighted by molar-refractivity contribution is -0.117. The molecular weight excluding hydrogens is 207 g/mol. The summed E-state index contributed by atoms with van der Waals surface area (Å²) in [5, 5.41) is -0.0498. The maximum Gasteiger partial charge on any atom is 0.231 e. The van der Waals surface area contributed by atoms with E-state index in [2.05, 4.69) is 4.98 Å². The van der Waals surface area contributed by atoms with Crippen molar-refractivity contribution >= 4 is 23.6 Å². The molecule has 0 bridgehead atoms. The number of nitrogens with zero attached hydrogens (tertiary/aromatic N) is 1. The van der Waals surface area contributed by atoms with E-state index >= 15 is 0 Å². The highest BCUT2D eigenvalue weighted by Crippen LogP contribution is 2.14. The topological polar surface area (TPSA) is 56.0 Å². The Morgan fingerprint density at radius 3 is 3.00 bits per heavy atom. The number of aromatic nitrogens is 1.